The van der Waals surface area contributed by atoms with Gasteiger partial charge in [-0.25, -0.2) is 0 Å². The summed E-state index contributed by atoms with van der Waals surface area (Å²) in [6.07, 6.45) is 4.16. The molecule has 0 saturated carbocycles. The van der Waals surface area contributed by atoms with Gasteiger partial charge in [0.25, 0.3) is 5.91 Å². The van der Waals surface area contributed by atoms with Crippen molar-refractivity contribution in [1.82, 2.24) is 19.7 Å². The van der Waals surface area contributed by atoms with Crippen LogP contribution >= 0.6 is 0 Å². The number of amides is 1. The third-order valence-electron chi connectivity index (χ3n) is 3.49. The van der Waals surface area contributed by atoms with E-state index < -0.39 is 0 Å². The third kappa shape index (κ3) is 3.04. The molecule has 1 amide bonds. The molecule has 0 atom stereocenters. The Morgan fingerprint density at radius 3 is 2.52 bits per heavy atom. The first kappa shape index (κ1) is 15.0. The molecule has 0 saturated heterocycles. The molecule has 0 spiro atoms. The number of carbonyl (C=O) groups is 1. The SMILES string of the molecule is CCc1nn(C)c(C(=O)N(CC)Cc2ccncc2)c1N. The van der Waals surface area contributed by atoms with Crippen LogP contribution in [-0.4, -0.2) is 32.1 Å². The van der Waals surface area contributed by atoms with E-state index in [1.807, 2.05) is 26.0 Å². The van der Waals surface area contributed by atoms with Crippen LogP contribution in [0.4, 0.5) is 5.69 Å². The maximum atomic E-state index is 12.7. The van der Waals surface area contributed by atoms with Gasteiger partial charge in [-0.3, -0.25) is 14.5 Å². The predicted molar refractivity (Wildman–Crippen MR) is 81.6 cm³/mol. The summed E-state index contributed by atoms with van der Waals surface area (Å²) in [5.41, 5.74) is 8.81. The van der Waals surface area contributed by atoms with Crippen LogP contribution in [0.3, 0.4) is 0 Å². The zero-order valence-corrected chi connectivity index (χ0v) is 12.7. The van der Waals surface area contributed by atoms with Gasteiger partial charge in [0, 0.05) is 32.5 Å². The summed E-state index contributed by atoms with van der Waals surface area (Å²) in [5.74, 6) is -0.0958. The maximum absolute atomic E-state index is 12.7. The highest BCUT2D eigenvalue weighted by molar-refractivity contribution is 5.98. The Balaban J connectivity index is 2.27. The van der Waals surface area contributed by atoms with Crippen molar-refractivity contribution >= 4 is 11.6 Å². The molecule has 0 unspecified atom stereocenters. The van der Waals surface area contributed by atoms with Crippen molar-refractivity contribution in [3.63, 3.8) is 0 Å². The second kappa shape index (κ2) is 6.39. The summed E-state index contributed by atoms with van der Waals surface area (Å²) in [5, 5.41) is 4.31. The van der Waals surface area contributed by atoms with Crippen LogP contribution in [0.5, 0.6) is 0 Å². The standard InChI is InChI=1S/C15H21N5O/c1-4-12-13(16)14(19(3)18-12)15(21)20(5-2)10-11-6-8-17-9-7-11/h6-9H,4-5,10,16H2,1-3H3. The fourth-order valence-corrected chi connectivity index (χ4v) is 2.30. The molecule has 2 aromatic heterocycles. The molecule has 0 fully saturated rings. The summed E-state index contributed by atoms with van der Waals surface area (Å²) >= 11 is 0. The van der Waals surface area contributed by atoms with Crippen LogP contribution in [-0.2, 0) is 20.0 Å². The zero-order chi connectivity index (χ0) is 15.4. The second-order valence-electron chi connectivity index (χ2n) is 4.86. The Kier molecular flexibility index (Phi) is 4.57. The predicted octanol–water partition coefficient (Wildman–Crippen LogP) is 1.62. The number of pyridine rings is 1. The first-order chi connectivity index (χ1) is 10.1. The van der Waals surface area contributed by atoms with Gasteiger partial charge in [-0.05, 0) is 31.0 Å². The van der Waals surface area contributed by atoms with Crippen molar-refractivity contribution in [3.8, 4) is 0 Å². The fraction of sp³-hybridized carbons (Fsp3) is 0.400. The van der Waals surface area contributed by atoms with E-state index in [1.165, 1.54) is 0 Å². The van der Waals surface area contributed by atoms with E-state index in [0.717, 1.165) is 11.3 Å². The molecule has 21 heavy (non-hydrogen) atoms. The maximum Gasteiger partial charge on any atom is 0.274 e. The molecular weight excluding hydrogens is 266 g/mol. The van der Waals surface area contributed by atoms with Crippen LogP contribution in [0, 0.1) is 0 Å². The molecule has 2 rings (SSSR count). The van der Waals surface area contributed by atoms with Crippen LogP contribution in [0.2, 0.25) is 0 Å². The molecule has 0 aliphatic heterocycles. The quantitative estimate of drug-likeness (QED) is 0.906. The van der Waals surface area contributed by atoms with E-state index in [4.69, 9.17) is 5.73 Å². The fourth-order valence-electron chi connectivity index (χ4n) is 2.30. The van der Waals surface area contributed by atoms with Crippen molar-refractivity contribution in [1.29, 1.82) is 0 Å². The molecule has 0 aromatic carbocycles. The Hall–Kier alpha value is -2.37. The molecule has 2 aromatic rings. The van der Waals surface area contributed by atoms with Gasteiger partial charge in [0.2, 0.25) is 0 Å². The second-order valence-corrected chi connectivity index (χ2v) is 4.86. The number of nitrogen functional groups attached to an aromatic ring is 1. The normalized spacial score (nSPS) is 10.6. The molecule has 112 valence electrons. The van der Waals surface area contributed by atoms with Crippen molar-refractivity contribution in [2.75, 3.05) is 12.3 Å². The highest BCUT2D eigenvalue weighted by atomic mass is 16.2. The van der Waals surface area contributed by atoms with E-state index in [-0.39, 0.29) is 5.91 Å². The smallest absolute Gasteiger partial charge is 0.274 e. The van der Waals surface area contributed by atoms with E-state index in [0.29, 0.717) is 30.9 Å². The molecule has 2 N–H and O–H groups in total. The van der Waals surface area contributed by atoms with Crippen LogP contribution in [0.1, 0.15) is 35.6 Å². The summed E-state index contributed by atoms with van der Waals surface area (Å²) in [7, 11) is 1.75. The summed E-state index contributed by atoms with van der Waals surface area (Å²) < 4.78 is 1.58. The third-order valence-corrected chi connectivity index (χ3v) is 3.49. The van der Waals surface area contributed by atoms with Crippen molar-refractivity contribution < 1.29 is 4.79 Å². The van der Waals surface area contributed by atoms with Gasteiger partial charge >= 0.3 is 0 Å². The molecule has 0 radical (unpaired) electrons. The van der Waals surface area contributed by atoms with Crippen LogP contribution in [0.15, 0.2) is 24.5 Å². The number of nitrogens with two attached hydrogens (primary N) is 1. The highest BCUT2D eigenvalue weighted by Gasteiger charge is 2.23. The lowest BCUT2D eigenvalue weighted by Crippen LogP contribution is -2.32. The van der Waals surface area contributed by atoms with E-state index >= 15 is 0 Å². The van der Waals surface area contributed by atoms with Crippen LogP contribution < -0.4 is 5.73 Å². The molecular formula is C15H21N5O. The number of carbonyl (C=O) groups excluding carboxylic acids is 1. The number of nitrogens with zero attached hydrogens (tertiary/aromatic N) is 4. The monoisotopic (exact) mass is 287 g/mol. The summed E-state index contributed by atoms with van der Waals surface area (Å²) in [6.45, 7) is 5.06. The Morgan fingerprint density at radius 2 is 2.00 bits per heavy atom. The zero-order valence-electron chi connectivity index (χ0n) is 12.7. The number of aromatic nitrogens is 3. The minimum absolute atomic E-state index is 0.0958. The Morgan fingerprint density at radius 1 is 1.33 bits per heavy atom. The number of hydrogen-bond acceptors (Lipinski definition) is 4. The average molecular weight is 287 g/mol. The number of hydrogen-bond donors (Lipinski definition) is 1. The minimum atomic E-state index is -0.0958. The Labute approximate surface area is 124 Å². The van der Waals surface area contributed by atoms with Gasteiger partial charge < -0.3 is 10.6 Å². The number of aryl methyl sites for hydroxylation is 2. The van der Waals surface area contributed by atoms with Crippen molar-refractivity contribution in [2.45, 2.75) is 26.8 Å². The lowest BCUT2D eigenvalue weighted by Gasteiger charge is -2.21. The molecule has 6 nitrogen and oxygen atoms in total. The topological polar surface area (TPSA) is 77.0 Å². The molecule has 0 bridgehead atoms. The Bertz CT molecular complexity index is 620. The average Bonchev–Trinajstić information content (AvgIpc) is 2.79. The number of rotatable bonds is 5. The van der Waals surface area contributed by atoms with Crippen molar-refractivity contribution in [2.24, 2.45) is 7.05 Å². The lowest BCUT2D eigenvalue weighted by atomic mass is 10.2. The minimum Gasteiger partial charge on any atom is -0.395 e. The van der Waals surface area contributed by atoms with Crippen LogP contribution in [0.25, 0.3) is 0 Å². The summed E-state index contributed by atoms with van der Waals surface area (Å²) in [6, 6.07) is 3.81. The number of anilines is 1. The molecule has 0 aliphatic carbocycles. The van der Waals surface area contributed by atoms with Gasteiger partial charge in [0.1, 0.15) is 5.69 Å². The molecule has 2 heterocycles. The van der Waals surface area contributed by atoms with Gasteiger partial charge in [0.15, 0.2) is 0 Å². The van der Waals surface area contributed by atoms with Crippen molar-refractivity contribution in [3.05, 3.63) is 41.5 Å². The van der Waals surface area contributed by atoms with Gasteiger partial charge in [-0.2, -0.15) is 5.10 Å². The van der Waals surface area contributed by atoms with E-state index in [9.17, 15) is 4.79 Å². The van der Waals surface area contributed by atoms with E-state index in [1.54, 1.807) is 29.0 Å². The van der Waals surface area contributed by atoms with E-state index in [2.05, 4.69) is 10.1 Å². The molecule has 0 aliphatic rings. The highest BCUT2D eigenvalue weighted by Crippen LogP contribution is 2.19. The lowest BCUT2D eigenvalue weighted by molar-refractivity contribution is 0.0742. The molecule has 6 heteroatoms. The van der Waals surface area contributed by atoms with Gasteiger partial charge in [0.05, 0.1) is 11.4 Å². The summed E-state index contributed by atoms with van der Waals surface area (Å²) in [4.78, 5) is 18.5. The van der Waals surface area contributed by atoms with Gasteiger partial charge in [-0.15, -0.1) is 0 Å². The largest absolute Gasteiger partial charge is 0.395 e. The van der Waals surface area contributed by atoms with Gasteiger partial charge in [-0.1, -0.05) is 6.92 Å². The first-order valence-corrected chi connectivity index (χ1v) is 7.08. The first-order valence-electron chi connectivity index (χ1n) is 7.08.